The zero-order valence-corrected chi connectivity index (χ0v) is 54.2. The fourth-order valence-electron chi connectivity index (χ4n) is 9.63. The number of rotatable bonds is 61. The minimum absolute atomic E-state index is 0.0369. The van der Waals surface area contributed by atoms with E-state index in [1.807, 2.05) is 33.3 Å². The molecule has 0 aromatic rings. The minimum atomic E-state index is -4.46. The molecule has 0 heterocycles. The molecular formula is C70H130N2O7P+. The highest BCUT2D eigenvalue weighted by Gasteiger charge is 2.30. The summed E-state index contributed by atoms with van der Waals surface area (Å²) in [5, 5.41) is 3.06. The van der Waals surface area contributed by atoms with Gasteiger partial charge in [-0.25, -0.2) is 4.57 Å². The number of amides is 1. The van der Waals surface area contributed by atoms with Crippen LogP contribution >= 0.6 is 7.82 Å². The molecule has 466 valence electrons. The lowest BCUT2D eigenvalue weighted by Crippen LogP contribution is -2.47. The highest BCUT2D eigenvalue weighted by Crippen LogP contribution is 2.43. The van der Waals surface area contributed by atoms with Gasteiger partial charge in [0.05, 0.1) is 33.8 Å². The van der Waals surface area contributed by atoms with Gasteiger partial charge in [0, 0.05) is 12.8 Å². The van der Waals surface area contributed by atoms with Gasteiger partial charge in [-0.2, -0.15) is 0 Å². The molecule has 0 fully saturated rings. The summed E-state index contributed by atoms with van der Waals surface area (Å²) >= 11 is 0. The van der Waals surface area contributed by atoms with Crippen LogP contribution in [0, 0.1) is 0 Å². The average molecular weight is 1140 g/mol. The van der Waals surface area contributed by atoms with Crippen LogP contribution in [0.5, 0.6) is 0 Å². The molecule has 0 aromatic heterocycles. The number of hydrogen-bond acceptors (Lipinski definition) is 6. The van der Waals surface area contributed by atoms with Crippen LogP contribution in [-0.2, 0) is 27.9 Å². The van der Waals surface area contributed by atoms with Crippen LogP contribution in [0.4, 0.5) is 0 Å². The van der Waals surface area contributed by atoms with Crippen molar-refractivity contribution in [2.24, 2.45) is 0 Å². The summed E-state index contributed by atoms with van der Waals surface area (Å²) < 4.78 is 30.8. The lowest BCUT2D eigenvalue weighted by Gasteiger charge is -2.27. The van der Waals surface area contributed by atoms with Crippen molar-refractivity contribution in [1.29, 1.82) is 0 Å². The Balaban J connectivity index is 5.11. The first-order valence-corrected chi connectivity index (χ1v) is 35.3. The molecule has 0 radical (unpaired) electrons. The second kappa shape index (κ2) is 59.6. The number of hydrogen-bond donors (Lipinski definition) is 2. The normalized spacial score (nSPS) is 14.0. The van der Waals surface area contributed by atoms with Gasteiger partial charge in [0.1, 0.15) is 19.3 Å². The summed E-state index contributed by atoms with van der Waals surface area (Å²) in [6, 6.07) is -0.855. The van der Waals surface area contributed by atoms with Crippen LogP contribution in [0.2, 0.25) is 0 Å². The molecule has 0 rings (SSSR count). The summed E-state index contributed by atoms with van der Waals surface area (Å²) in [4.78, 5) is 37.8. The standard InChI is InChI=1S/C70H129N2O7P/c1-7-10-13-16-19-22-25-28-30-32-33-34-35-36-37-38-39-41-43-45-48-51-54-57-60-63-70(74)79-68(61-58-55-52-49-46-27-24-21-18-15-12-9-3)67(66-78-80(75,76)77-65-64-72(4,5)6)71-69(73)62-59-56-53-50-47-44-42-40-31-29-26-23-20-17-14-11-8-2/h19-20,22-23,28-31,33-34,58,61,67-68H,7-18,21,24-27,32,35-57,59-60,62-66H2,1-6H3,(H-,71,73,75,76)/p+1/b22-19-,23-20-,30-28-,31-29-,34-33-,61-58-. The molecule has 10 heteroatoms. The molecule has 0 aliphatic carbocycles. The maximum Gasteiger partial charge on any atom is 0.472 e. The van der Waals surface area contributed by atoms with E-state index in [1.54, 1.807) is 0 Å². The fraction of sp³-hybridized carbons (Fsp3) is 0.800. The van der Waals surface area contributed by atoms with E-state index >= 15 is 0 Å². The van der Waals surface area contributed by atoms with Gasteiger partial charge in [-0.15, -0.1) is 0 Å². The van der Waals surface area contributed by atoms with Gasteiger partial charge in [-0.05, 0) is 102 Å². The number of phosphoric acid groups is 1. The maximum absolute atomic E-state index is 13.6. The second-order valence-corrected chi connectivity index (χ2v) is 25.4. The Kier molecular flexibility index (Phi) is 57.7. The molecule has 0 aliphatic heterocycles. The van der Waals surface area contributed by atoms with Gasteiger partial charge in [0.25, 0.3) is 0 Å². The number of carbonyl (C=O) groups excluding carboxylic acids is 2. The predicted octanol–water partition coefficient (Wildman–Crippen LogP) is 21.2. The molecule has 80 heavy (non-hydrogen) atoms. The van der Waals surface area contributed by atoms with Crippen LogP contribution in [-0.4, -0.2) is 74.3 Å². The van der Waals surface area contributed by atoms with E-state index in [1.165, 1.54) is 186 Å². The van der Waals surface area contributed by atoms with Gasteiger partial charge >= 0.3 is 13.8 Å². The molecule has 3 unspecified atom stereocenters. The Morgan fingerprint density at radius 1 is 0.438 bits per heavy atom. The second-order valence-electron chi connectivity index (χ2n) is 24.0. The van der Waals surface area contributed by atoms with Crippen molar-refractivity contribution in [3.05, 3.63) is 72.9 Å². The van der Waals surface area contributed by atoms with Gasteiger partial charge < -0.3 is 19.4 Å². The van der Waals surface area contributed by atoms with Crippen LogP contribution in [0.1, 0.15) is 310 Å². The molecule has 3 atom stereocenters. The molecule has 1 amide bonds. The minimum Gasteiger partial charge on any atom is -0.456 e. The third kappa shape index (κ3) is 60.1. The van der Waals surface area contributed by atoms with E-state index < -0.39 is 20.0 Å². The quantitative estimate of drug-likeness (QED) is 0.0205. The highest BCUT2D eigenvalue weighted by molar-refractivity contribution is 7.47. The average Bonchev–Trinajstić information content (AvgIpc) is 3.42. The van der Waals surface area contributed by atoms with Crippen molar-refractivity contribution in [3.63, 3.8) is 0 Å². The zero-order chi connectivity index (χ0) is 58.6. The Morgan fingerprint density at radius 3 is 1.16 bits per heavy atom. The Morgan fingerprint density at radius 2 is 0.762 bits per heavy atom. The molecule has 0 aliphatic rings. The van der Waals surface area contributed by atoms with Gasteiger partial charge in [0.15, 0.2) is 0 Å². The smallest absolute Gasteiger partial charge is 0.456 e. The molecule has 0 bridgehead atoms. The van der Waals surface area contributed by atoms with Crippen LogP contribution in [0.3, 0.4) is 0 Å². The molecule has 9 nitrogen and oxygen atoms in total. The lowest BCUT2D eigenvalue weighted by atomic mass is 10.0. The van der Waals surface area contributed by atoms with Crippen molar-refractivity contribution in [3.8, 4) is 0 Å². The van der Waals surface area contributed by atoms with Gasteiger partial charge in [-0.3, -0.25) is 18.6 Å². The van der Waals surface area contributed by atoms with Crippen molar-refractivity contribution >= 4 is 19.7 Å². The number of carbonyl (C=O) groups is 2. The van der Waals surface area contributed by atoms with E-state index in [0.717, 1.165) is 89.9 Å². The lowest BCUT2D eigenvalue weighted by molar-refractivity contribution is -0.870. The number of phosphoric ester groups is 1. The molecular weight excluding hydrogens is 1010 g/mol. The summed E-state index contributed by atoms with van der Waals surface area (Å²) in [5.41, 5.74) is 0. The third-order valence-corrected chi connectivity index (χ3v) is 15.9. The SMILES string of the molecule is CCCCC/C=C\C/C=C\C/C=C\CCCCCCCCCCCCCCC(=O)OC(/C=C\CCCCCCCCCCCC)C(COP(=O)(O)OCC[N+](C)(C)C)NC(=O)CCCCCCCCC/C=C\C/C=C\CCCCC. The maximum atomic E-state index is 13.6. The zero-order valence-electron chi connectivity index (χ0n) is 53.3. The number of likely N-dealkylation sites (N-methyl/N-ethyl adjacent to an activating group) is 1. The van der Waals surface area contributed by atoms with Gasteiger partial charge in [-0.1, -0.05) is 267 Å². The van der Waals surface area contributed by atoms with E-state index in [-0.39, 0.29) is 31.5 Å². The van der Waals surface area contributed by atoms with Crippen LogP contribution in [0.15, 0.2) is 72.9 Å². The number of nitrogens with one attached hydrogen (secondary N) is 1. The topological polar surface area (TPSA) is 111 Å². The Labute approximate surface area is 495 Å². The van der Waals surface area contributed by atoms with Gasteiger partial charge in [0.2, 0.25) is 5.91 Å². The fourth-order valence-corrected chi connectivity index (χ4v) is 10.4. The summed E-state index contributed by atoms with van der Waals surface area (Å²) in [6.45, 7) is 6.97. The first kappa shape index (κ1) is 77.5. The molecule has 0 aromatic carbocycles. The third-order valence-electron chi connectivity index (χ3n) is 14.9. The number of unbranched alkanes of at least 4 members (excludes halogenated alkanes) is 35. The van der Waals surface area contributed by atoms with E-state index in [4.69, 9.17) is 13.8 Å². The van der Waals surface area contributed by atoms with Crippen molar-refractivity contribution in [2.45, 2.75) is 322 Å². The first-order valence-electron chi connectivity index (χ1n) is 33.8. The van der Waals surface area contributed by atoms with Crippen LogP contribution in [0.25, 0.3) is 0 Å². The van der Waals surface area contributed by atoms with Crippen molar-refractivity contribution in [1.82, 2.24) is 5.32 Å². The number of nitrogens with zero attached hydrogens (tertiary/aromatic N) is 1. The number of esters is 1. The van der Waals surface area contributed by atoms with Crippen molar-refractivity contribution in [2.75, 3.05) is 40.9 Å². The monoisotopic (exact) mass is 1140 g/mol. The predicted molar refractivity (Wildman–Crippen MR) is 346 cm³/mol. The molecule has 0 spiro atoms. The summed E-state index contributed by atoms with van der Waals surface area (Å²) in [5.74, 6) is -0.510. The highest BCUT2D eigenvalue weighted by atomic mass is 31.2. The number of allylic oxidation sites excluding steroid dienone is 11. The summed E-state index contributed by atoms with van der Waals surface area (Å²) in [7, 11) is 1.49. The molecule has 0 saturated carbocycles. The Bertz CT molecular complexity index is 1600. The Hall–Kier alpha value is -2.55. The summed E-state index contributed by atoms with van der Waals surface area (Å²) in [6.07, 6.45) is 77.6. The van der Waals surface area contributed by atoms with Crippen LogP contribution < -0.4 is 5.32 Å². The molecule has 0 saturated heterocycles. The van der Waals surface area contributed by atoms with E-state index in [2.05, 4.69) is 86.8 Å². The van der Waals surface area contributed by atoms with E-state index in [9.17, 15) is 19.0 Å². The van der Waals surface area contributed by atoms with Crippen molar-refractivity contribution < 1.29 is 37.3 Å². The number of ether oxygens (including phenoxy) is 1. The number of quaternary nitrogens is 1. The van der Waals surface area contributed by atoms with E-state index in [0.29, 0.717) is 17.4 Å². The largest absolute Gasteiger partial charge is 0.472 e. The first-order chi connectivity index (χ1) is 38.9. The molecule has 2 N–H and O–H groups in total.